The van der Waals surface area contributed by atoms with Gasteiger partial charge in [0.1, 0.15) is 0 Å². The molecule has 106 valence electrons. The molecule has 0 atom stereocenters. The summed E-state index contributed by atoms with van der Waals surface area (Å²) in [7, 11) is -4.67. The van der Waals surface area contributed by atoms with E-state index in [-0.39, 0.29) is 4.58 Å². The van der Waals surface area contributed by atoms with Crippen LogP contribution in [0.15, 0.2) is 4.99 Å². The molecule has 0 aliphatic carbocycles. The number of primary amides is 1. The fraction of sp³-hybridized carbons (Fsp3) is 0. The van der Waals surface area contributed by atoms with Crippen LogP contribution < -0.4 is 27.2 Å². The van der Waals surface area contributed by atoms with Crippen LogP contribution in [0.5, 0.6) is 0 Å². The van der Waals surface area contributed by atoms with Gasteiger partial charge < -0.3 is 16.3 Å². The molecule has 0 radical (unpaired) electrons. The molecule has 0 unspecified atom stereocenters. The normalized spacial score (nSPS) is 10.2. The van der Waals surface area contributed by atoms with E-state index in [0.29, 0.717) is 0 Å². The van der Waals surface area contributed by atoms with Crippen molar-refractivity contribution in [2.24, 2.45) is 16.5 Å². The molecule has 19 heavy (non-hydrogen) atoms. The van der Waals surface area contributed by atoms with E-state index in [1.165, 1.54) is 10.3 Å². The average Bonchev–Trinajstić information content (AvgIpc) is 2.25. The maximum atomic E-state index is 11.5. The summed E-state index contributed by atoms with van der Waals surface area (Å²) in [6.07, 6.45) is -0.845. The van der Waals surface area contributed by atoms with E-state index in [1.807, 2.05) is 0 Å². The van der Waals surface area contributed by atoms with Gasteiger partial charge in [-0.2, -0.15) is 8.42 Å². The molecule has 0 saturated carbocycles. The van der Waals surface area contributed by atoms with Crippen molar-refractivity contribution in [3.63, 3.8) is 0 Å². The Kier molecular flexibility index (Phi) is 6.31. The largest absolute Gasteiger partial charge is 0.466 e. The number of thiocarbonyl (C=S) groups is 1. The minimum absolute atomic E-state index is 0.297. The van der Waals surface area contributed by atoms with Gasteiger partial charge in [-0.25, -0.2) is 19.8 Å². The van der Waals surface area contributed by atoms with Crippen LogP contribution in [0.1, 0.15) is 0 Å². The van der Waals surface area contributed by atoms with Gasteiger partial charge >= 0.3 is 22.3 Å². The van der Waals surface area contributed by atoms with Gasteiger partial charge in [-0.3, -0.25) is 5.43 Å². The number of carbonyl (C=O) groups excluding carboxylic acids is 3. The maximum absolute atomic E-state index is 11.5. The summed E-state index contributed by atoms with van der Waals surface area (Å²) in [5.74, 6) is 0. The Morgan fingerprint density at radius 1 is 1.37 bits per heavy atom. The Labute approximate surface area is 111 Å². The van der Waals surface area contributed by atoms with E-state index < -0.39 is 27.4 Å². The highest BCUT2D eigenvalue weighted by atomic mass is 32.2. The molecule has 13 nitrogen and oxygen atoms in total. The van der Waals surface area contributed by atoms with Gasteiger partial charge in [-0.1, -0.05) is 4.99 Å². The Hall–Kier alpha value is -2.32. The molecule has 0 aromatic heterocycles. The van der Waals surface area contributed by atoms with Crippen molar-refractivity contribution in [3.05, 3.63) is 0 Å². The fourth-order valence-corrected chi connectivity index (χ4v) is 1.34. The van der Waals surface area contributed by atoms with Crippen molar-refractivity contribution < 1.29 is 27.6 Å². The number of nitrogens with two attached hydrogens (primary N) is 2. The lowest BCUT2D eigenvalue weighted by Gasteiger charge is -2.19. The zero-order valence-corrected chi connectivity index (χ0v) is 10.4. The summed E-state index contributed by atoms with van der Waals surface area (Å²) < 4.78 is 22.6. The second-order valence-electron chi connectivity index (χ2n) is 2.36. The van der Waals surface area contributed by atoms with Crippen molar-refractivity contribution in [3.8, 4) is 0 Å². The van der Waals surface area contributed by atoms with Crippen LogP contribution in [0.2, 0.25) is 0 Å². The summed E-state index contributed by atoms with van der Waals surface area (Å²) in [5.41, 5.74) is 12.8. The Morgan fingerprint density at radius 3 is 2.37 bits per heavy atom. The van der Waals surface area contributed by atoms with Gasteiger partial charge in [-0.05, 0) is 12.2 Å². The van der Waals surface area contributed by atoms with Crippen LogP contribution in [0, 0.1) is 0 Å². The molecule has 7 N–H and O–H groups in total. The number of carbonyl (C=O) groups is 2. The zero-order chi connectivity index (χ0) is 15.1. The molecule has 3 amide bonds. The number of amides is 3. The summed E-state index contributed by atoms with van der Waals surface area (Å²) in [6.45, 7) is 0. The molecule has 0 bridgehead atoms. The van der Waals surface area contributed by atoms with Gasteiger partial charge in [0.15, 0.2) is 5.11 Å². The molecule has 0 aromatic rings. The molecular formula is C4H7N7O6S2. The zero-order valence-electron chi connectivity index (χ0n) is 8.82. The lowest BCUT2D eigenvalue weighted by atomic mass is 11.2. The molecular weight excluding hydrogens is 306 g/mol. The Balaban J connectivity index is 5.01. The SMILES string of the molecule is NC(=O)NNS(=O)(=O)N(NC(N)=S)OC(=O)N=C=O. The summed E-state index contributed by atoms with van der Waals surface area (Å²) in [5, 5.41) is -0.618. The second kappa shape index (κ2) is 7.19. The number of hydrogen-bond donors (Lipinski definition) is 5. The number of hydrazine groups is 2. The van der Waals surface area contributed by atoms with Gasteiger partial charge in [0, 0.05) is 0 Å². The number of hydrogen-bond acceptors (Lipinski definition) is 7. The van der Waals surface area contributed by atoms with Crippen molar-refractivity contribution in [1.82, 2.24) is 20.3 Å². The van der Waals surface area contributed by atoms with E-state index in [9.17, 15) is 22.8 Å². The molecule has 0 aliphatic heterocycles. The number of nitrogens with zero attached hydrogens (tertiary/aromatic N) is 2. The molecule has 0 aromatic carbocycles. The van der Waals surface area contributed by atoms with Crippen molar-refractivity contribution in [1.29, 1.82) is 0 Å². The monoisotopic (exact) mass is 313 g/mol. The Bertz CT molecular complexity index is 524. The molecule has 0 fully saturated rings. The third-order valence-corrected chi connectivity index (χ3v) is 2.07. The van der Waals surface area contributed by atoms with Gasteiger partial charge in [0.2, 0.25) is 6.08 Å². The summed E-state index contributed by atoms with van der Waals surface area (Å²) >= 11 is 4.32. The summed E-state index contributed by atoms with van der Waals surface area (Å²) in [4.78, 5) is 38.8. The lowest BCUT2D eigenvalue weighted by Crippen LogP contribution is -2.57. The third kappa shape index (κ3) is 6.86. The minimum Gasteiger partial charge on any atom is -0.375 e. The van der Waals surface area contributed by atoms with Crippen LogP contribution in [-0.2, 0) is 19.8 Å². The van der Waals surface area contributed by atoms with Crippen LogP contribution >= 0.6 is 12.2 Å². The standard InChI is InChI=1S/C4H7N7O6S2/c5-2(13)8-10-19(15,16)11(9-3(6)18)17-4(14)7-1-12/h10H,(H3,5,8,13)(H3,6,9,18). The summed E-state index contributed by atoms with van der Waals surface area (Å²) in [6, 6.07) is -1.25. The van der Waals surface area contributed by atoms with Crippen molar-refractivity contribution in [2.75, 3.05) is 0 Å². The maximum Gasteiger partial charge on any atom is 0.466 e. The van der Waals surface area contributed by atoms with E-state index in [2.05, 4.69) is 27.8 Å². The first-order valence-electron chi connectivity index (χ1n) is 3.92. The van der Waals surface area contributed by atoms with E-state index in [0.717, 1.165) is 6.08 Å². The number of urea groups is 1. The van der Waals surface area contributed by atoms with E-state index >= 15 is 0 Å². The molecule has 0 rings (SSSR count). The average molecular weight is 313 g/mol. The first-order valence-corrected chi connectivity index (χ1v) is 5.77. The Morgan fingerprint density at radius 2 is 1.95 bits per heavy atom. The van der Waals surface area contributed by atoms with Gasteiger partial charge in [0.05, 0.1) is 4.58 Å². The topological polar surface area (TPSA) is 198 Å². The second-order valence-corrected chi connectivity index (χ2v) is 4.29. The highest BCUT2D eigenvalue weighted by molar-refractivity contribution is 7.87. The third-order valence-electron chi connectivity index (χ3n) is 1.02. The predicted octanol–water partition coefficient (Wildman–Crippen LogP) is -3.16. The van der Waals surface area contributed by atoms with E-state index in [4.69, 9.17) is 5.73 Å². The van der Waals surface area contributed by atoms with Gasteiger partial charge in [0.25, 0.3) is 0 Å². The first-order chi connectivity index (χ1) is 8.69. The van der Waals surface area contributed by atoms with Crippen molar-refractivity contribution in [2.45, 2.75) is 0 Å². The van der Waals surface area contributed by atoms with Crippen LogP contribution in [0.25, 0.3) is 0 Å². The van der Waals surface area contributed by atoms with Gasteiger partial charge in [-0.15, -0.1) is 4.83 Å². The fourth-order valence-electron chi connectivity index (χ4n) is 0.507. The number of nitrogens with one attached hydrogen (secondary N) is 3. The smallest absolute Gasteiger partial charge is 0.375 e. The van der Waals surface area contributed by atoms with Crippen molar-refractivity contribution >= 4 is 45.7 Å². The van der Waals surface area contributed by atoms with Crippen LogP contribution in [-0.4, -0.2) is 36.3 Å². The lowest BCUT2D eigenvalue weighted by molar-refractivity contribution is -0.0386. The highest BCUT2D eigenvalue weighted by Crippen LogP contribution is 1.96. The first kappa shape index (κ1) is 16.7. The minimum atomic E-state index is -4.67. The number of rotatable bonds is 5. The molecule has 0 saturated heterocycles. The number of isocyanates is 1. The predicted molar refractivity (Wildman–Crippen MR) is 61.1 cm³/mol. The highest BCUT2D eigenvalue weighted by Gasteiger charge is 2.27. The van der Waals surface area contributed by atoms with Crippen LogP contribution in [0.4, 0.5) is 9.59 Å². The molecule has 0 heterocycles. The van der Waals surface area contributed by atoms with Crippen LogP contribution in [0.3, 0.4) is 0 Å². The molecule has 0 aliphatic rings. The molecule has 0 spiro atoms. The molecule has 15 heteroatoms. The number of aliphatic imine (C=N–C) groups is 1. The van der Waals surface area contributed by atoms with E-state index in [1.54, 1.807) is 5.43 Å². The quantitative estimate of drug-likeness (QED) is 0.150.